The van der Waals surface area contributed by atoms with E-state index in [1.165, 1.54) is 77.0 Å². The molecule has 0 aromatic heterocycles. The minimum absolute atomic E-state index is 1.09. The largest absolute Gasteiger partial charge is 0.0654 e. The molecule has 124 valence electrons. The lowest BCUT2D eigenvalue weighted by atomic mass is 9.69. The zero-order valence-corrected chi connectivity index (χ0v) is 14.8. The van der Waals surface area contributed by atoms with Crippen molar-refractivity contribution in [2.75, 3.05) is 0 Å². The van der Waals surface area contributed by atoms with E-state index in [1.54, 1.807) is 32.1 Å². The van der Waals surface area contributed by atoms with Crippen LogP contribution in [0.25, 0.3) is 0 Å². The van der Waals surface area contributed by atoms with Crippen molar-refractivity contribution >= 4 is 0 Å². The highest BCUT2D eigenvalue weighted by atomic mass is 14.4. The van der Waals surface area contributed by atoms with Crippen molar-refractivity contribution in [2.24, 2.45) is 17.8 Å². The van der Waals surface area contributed by atoms with Gasteiger partial charge in [-0.2, -0.15) is 0 Å². The molecular formula is C21H40. The number of hydrogen-bond donors (Lipinski definition) is 0. The van der Waals surface area contributed by atoms with Crippen molar-refractivity contribution < 1.29 is 0 Å². The summed E-state index contributed by atoms with van der Waals surface area (Å²) < 4.78 is 0. The smallest absolute Gasteiger partial charge is 0.0357 e. The summed E-state index contributed by atoms with van der Waals surface area (Å²) in [5.41, 5.74) is 0. The number of unbranched alkanes of at least 4 members (excludes halogenated alkanes) is 3. The Morgan fingerprint density at radius 3 is 2.00 bits per heavy atom. The monoisotopic (exact) mass is 292 g/mol. The molecule has 21 heavy (non-hydrogen) atoms. The van der Waals surface area contributed by atoms with Gasteiger partial charge in [-0.25, -0.2) is 0 Å². The maximum absolute atomic E-state index is 2.34. The van der Waals surface area contributed by atoms with Crippen LogP contribution in [0.5, 0.6) is 0 Å². The Morgan fingerprint density at radius 2 is 1.24 bits per heavy atom. The quantitative estimate of drug-likeness (QED) is 0.444. The molecule has 0 amide bonds. The Hall–Kier alpha value is 0. The van der Waals surface area contributed by atoms with E-state index in [0.717, 1.165) is 17.8 Å². The van der Waals surface area contributed by atoms with E-state index in [1.807, 2.05) is 0 Å². The standard InChI is InChI=1S/C21H40/c1-2-3-4-9-14-19-15-10-6-5-7-13-18-21(19)20-16-11-8-12-17-20/h19-21H,2-18H2,1H3. The average molecular weight is 293 g/mol. The van der Waals surface area contributed by atoms with Crippen molar-refractivity contribution in [3.8, 4) is 0 Å². The van der Waals surface area contributed by atoms with Crippen LogP contribution in [0.15, 0.2) is 0 Å². The molecule has 0 aliphatic heterocycles. The van der Waals surface area contributed by atoms with E-state index in [4.69, 9.17) is 0 Å². The molecule has 0 bridgehead atoms. The van der Waals surface area contributed by atoms with Gasteiger partial charge in [0.05, 0.1) is 0 Å². The van der Waals surface area contributed by atoms with Gasteiger partial charge in [-0.05, 0) is 24.2 Å². The topological polar surface area (TPSA) is 0 Å². The number of hydrogen-bond acceptors (Lipinski definition) is 0. The molecule has 2 aliphatic rings. The van der Waals surface area contributed by atoms with Crippen molar-refractivity contribution in [1.29, 1.82) is 0 Å². The lowest BCUT2D eigenvalue weighted by Crippen LogP contribution is -2.26. The second-order valence-corrected chi connectivity index (χ2v) is 8.02. The van der Waals surface area contributed by atoms with Crippen LogP contribution in [0, 0.1) is 17.8 Å². The van der Waals surface area contributed by atoms with Gasteiger partial charge in [-0.15, -0.1) is 0 Å². The highest BCUT2D eigenvalue weighted by Crippen LogP contribution is 2.41. The molecule has 2 rings (SSSR count). The van der Waals surface area contributed by atoms with Gasteiger partial charge in [0, 0.05) is 0 Å². The van der Waals surface area contributed by atoms with Crippen LogP contribution >= 0.6 is 0 Å². The van der Waals surface area contributed by atoms with Crippen LogP contribution in [0.1, 0.15) is 116 Å². The van der Waals surface area contributed by atoms with Crippen molar-refractivity contribution in [3.05, 3.63) is 0 Å². The second-order valence-electron chi connectivity index (χ2n) is 8.02. The highest BCUT2D eigenvalue weighted by molar-refractivity contribution is 4.81. The SMILES string of the molecule is CCCCCCC1CCCCCCCC1C1CCCCC1. The first-order valence-electron chi connectivity index (χ1n) is 10.4. The zero-order chi connectivity index (χ0) is 14.8. The van der Waals surface area contributed by atoms with Gasteiger partial charge in [0.2, 0.25) is 0 Å². The van der Waals surface area contributed by atoms with Crippen LogP contribution in [0.4, 0.5) is 0 Å². The minimum atomic E-state index is 1.09. The molecule has 0 heteroatoms. The Bertz CT molecular complexity index is 238. The first-order chi connectivity index (χ1) is 10.4. The summed E-state index contributed by atoms with van der Waals surface area (Å²) in [7, 11) is 0. The molecule has 0 radical (unpaired) electrons. The average Bonchev–Trinajstić information content (AvgIpc) is 2.64. The fraction of sp³-hybridized carbons (Fsp3) is 1.00. The van der Waals surface area contributed by atoms with E-state index in [0.29, 0.717) is 0 Å². The van der Waals surface area contributed by atoms with E-state index < -0.39 is 0 Å². The number of rotatable bonds is 6. The Labute approximate surface area is 134 Å². The molecule has 0 nitrogen and oxygen atoms in total. The fourth-order valence-corrected chi connectivity index (χ4v) is 5.14. The second kappa shape index (κ2) is 10.7. The summed E-state index contributed by atoms with van der Waals surface area (Å²) in [5, 5.41) is 0. The van der Waals surface area contributed by atoms with E-state index in [-0.39, 0.29) is 0 Å². The molecule has 0 saturated heterocycles. The van der Waals surface area contributed by atoms with Crippen LogP contribution < -0.4 is 0 Å². The molecule has 2 saturated carbocycles. The first-order valence-corrected chi connectivity index (χ1v) is 10.4. The predicted molar refractivity (Wildman–Crippen MR) is 94.6 cm³/mol. The maximum Gasteiger partial charge on any atom is -0.0357 e. The fourth-order valence-electron chi connectivity index (χ4n) is 5.14. The van der Waals surface area contributed by atoms with Gasteiger partial charge in [0.25, 0.3) is 0 Å². The summed E-state index contributed by atoms with van der Waals surface area (Å²) in [6.45, 7) is 2.34. The molecule has 0 N–H and O–H groups in total. The van der Waals surface area contributed by atoms with Crippen molar-refractivity contribution in [3.63, 3.8) is 0 Å². The predicted octanol–water partition coefficient (Wildman–Crippen LogP) is 7.51. The summed E-state index contributed by atoms with van der Waals surface area (Å²) in [6.07, 6.45) is 25.9. The van der Waals surface area contributed by atoms with Crippen LogP contribution in [-0.2, 0) is 0 Å². The van der Waals surface area contributed by atoms with E-state index in [9.17, 15) is 0 Å². The molecule has 0 aromatic rings. The Kier molecular flexibility index (Phi) is 8.83. The van der Waals surface area contributed by atoms with Crippen molar-refractivity contribution in [1.82, 2.24) is 0 Å². The third kappa shape index (κ3) is 6.33. The molecule has 2 aliphatic carbocycles. The third-order valence-electron chi connectivity index (χ3n) is 6.40. The van der Waals surface area contributed by atoms with Gasteiger partial charge in [0.15, 0.2) is 0 Å². The molecular weight excluding hydrogens is 252 g/mol. The van der Waals surface area contributed by atoms with Crippen LogP contribution in [-0.4, -0.2) is 0 Å². The van der Waals surface area contributed by atoms with E-state index in [2.05, 4.69) is 6.92 Å². The van der Waals surface area contributed by atoms with Gasteiger partial charge >= 0.3 is 0 Å². The molecule has 2 unspecified atom stereocenters. The van der Waals surface area contributed by atoms with Crippen LogP contribution in [0.2, 0.25) is 0 Å². The zero-order valence-electron chi connectivity index (χ0n) is 14.8. The van der Waals surface area contributed by atoms with Gasteiger partial charge in [-0.1, -0.05) is 110 Å². The molecule has 0 heterocycles. The minimum Gasteiger partial charge on any atom is -0.0654 e. The Balaban J connectivity index is 1.89. The summed E-state index contributed by atoms with van der Waals surface area (Å²) in [5.74, 6) is 3.29. The Morgan fingerprint density at radius 1 is 0.619 bits per heavy atom. The molecule has 0 spiro atoms. The lowest BCUT2D eigenvalue weighted by Gasteiger charge is -2.36. The van der Waals surface area contributed by atoms with Gasteiger partial charge in [-0.3, -0.25) is 0 Å². The lowest BCUT2D eigenvalue weighted by molar-refractivity contribution is 0.147. The summed E-state index contributed by atoms with van der Waals surface area (Å²) in [6, 6.07) is 0. The third-order valence-corrected chi connectivity index (χ3v) is 6.40. The molecule has 2 fully saturated rings. The summed E-state index contributed by atoms with van der Waals surface area (Å²) in [4.78, 5) is 0. The maximum atomic E-state index is 2.34. The van der Waals surface area contributed by atoms with E-state index >= 15 is 0 Å². The highest BCUT2D eigenvalue weighted by Gasteiger charge is 2.30. The van der Waals surface area contributed by atoms with Crippen molar-refractivity contribution in [2.45, 2.75) is 116 Å². The van der Waals surface area contributed by atoms with Gasteiger partial charge in [0.1, 0.15) is 0 Å². The van der Waals surface area contributed by atoms with Crippen LogP contribution in [0.3, 0.4) is 0 Å². The summed E-state index contributed by atoms with van der Waals surface area (Å²) >= 11 is 0. The normalized spacial score (nSPS) is 29.6. The molecule has 0 aromatic carbocycles. The first kappa shape index (κ1) is 17.4. The molecule has 2 atom stereocenters. The van der Waals surface area contributed by atoms with Gasteiger partial charge < -0.3 is 0 Å².